The van der Waals surface area contributed by atoms with Crippen LogP contribution in [-0.2, 0) is 10.0 Å². The lowest BCUT2D eigenvalue weighted by molar-refractivity contribution is -0.388. The molecule has 2 aromatic carbocycles. The molecule has 0 saturated heterocycles. The van der Waals surface area contributed by atoms with Crippen LogP contribution in [0, 0.1) is 29.8 Å². The Balaban J connectivity index is 2.55. The molecule has 0 aliphatic heterocycles. The van der Waals surface area contributed by atoms with Gasteiger partial charge in [0.05, 0.1) is 16.7 Å². The second-order valence-corrected chi connectivity index (χ2v) is 6.39. The fraction of sp³-hybridized carbons (Fsp3) is 0.143. The highest BCUT2D eigenvalue weighted by atomic mass is 32.2. The van der Waals surface area contributed by atoms with Gasteiger partial charge in [-0.25, -0.2) is 12.8 Å². The Labute approximate surface area is 126 Å². The number of nitro groups is 1. The Kier molecular flexibility index (Phi) is 4.14. The summed E-state index contributed by atoms with van der Waals surface area (Å²) < 4.78 is 40.3. The van der Waals surface area contributed by atoms with Gasteiger partial charge in [0.15, 0.2) is 4.90 Å². The van der Waals surface area contributed by atoms with E-state index in [-0.39, 0.29) is 0 Å². The fourth-order valence-electron chi connectivity index (χ4n) is 2.03. The first-order chi connectivity index (χ1) is 10.2. The molecule has 0 bridgehead atoms. The fourth-order valence-corrected chi connectivity index (χ4v) is 3.38. The molecule has 0 aliphatic rings. The summed E-state index contributed by atoms with van der Waals surface area (Å²) in [7, 11) is -4.21. The maximum absolute atomic E-state index is 13.1. The SMILES string of the molecule is Cc1cccc(C)c1NS(=O)(=O)c1ccc(F)cc1[N+](=O)[O-]. The third kappa shape index (κ3) is 3.06. The van der Waals surface area contributed by atoms with E-state index in [4.69, 9.17) is 0 Å². The van der Waals surface area contributed by atoms with Crippen LogP contribution in [0.1, 0.15) is 11.1 Å². The molecule has 0 unspecified atom stereocenters. The molecule has 0 radical (unpaired) electrons. The van der Waals surface area contributed by atoms with Crippen LogP contribution in [0.4, 0.5) is 15.8 Å². The predicted molar refractivity (Wildman–Crippen MR) is 79.8 cm³/mol. The van der Waals surface area contributed by atoms with Crippen LogP contribution in [-0.4, -0.2) is 13.3 Å². The van der Waals surface area contributed by atoms with Crippen LogP contribution < -0.4 is 4.72 Å². The number of nitrogens with zero attached hydrogens (tertiary/aromatic N) is 1. The third-order valence-corrected chi connectivity index (χ3v) is 4.52. The molecule has 0 heterocycles. The normalized spacial score (nSPS) is 11.2. The van der Waals surface area contributed by atoms with E-state index in [9.17, 15) is 22.9 Å². The number of anilines is 1. The number of hydrogen-bond donors (Lipinski definition) is 1. The monoisotopic (exact) mass is 324 g/mol. The van der Waals surface area contributed by atoms with Crippen LogP contribution in [0.3, 0.4) is 0 Å². The minimum absolute atomic E-state index is 0.348. The maximum atomic E-state index is 13.1. The highest BCUT2D eigenvalue weighted by Gasteiger charge is 2.27. The summed E-state index contributed by atoms with van der Waals surface area (Å²) in [6, 6.07) is 7.52. The number of benzene rings is 2. The van der Waals surface area contributed by atoms with E-state index in [0.717, 1.165) is 12.1 Å². The minimum Gasteiger partial charge on any atom is -0.279 e. The van der Waals surface area contributed by atoms with Crippen LogP contribution >= 0.6 is 0 Å². The Bertz CT molecular complexity index is 830. The van der Waals surface area contributed by atoms with Crippen LogP contribution in [0.2, 0.25) is 0 Å². The van der Waals surface area contributed by atoms with Gasteiger partial charge in [0.25, 0.3) is 15.7 Å². The second-order valence-electron chi connectivity index (χ2n) is 4.74. The van der Waals surface area contributed by atoms with Crippen molar-refractivity contribution in [2.75, 3.05) is 4.72 Å². The van der Waals surface area contributed by atoms with Crippen molar-refractivity contribution in [3.8, 4) is 0 Å². The summed E-state index contributed by atoms with van der Waals surface area (Å²) in [4.78, 5) is 9.44. The van der Waals surface area contributed by atoms with Crippen molar-refractivity contribution in [1.29, 1.82) is 0 Å². The zero-order valence-corrected chi connectivity index (χ0v) is 12.6. The van der Waals surface area contributed by atoms with E-state index >= 15 is 0 Å². The van der Waals surface area contributed by atoms with Gasteiger partial charge in [-0.1, -0.05) is 18.2 Å². The van der Waals surface area contributed by atoms with Crippen molar-refractivity contribution >= 4 is 21.4 Å². The second kappa shape index (κ2) is 5.72. The van der Waals surface area contributed by atoms with E-state index in [0.29, 0.717) is 22.9 Å². The van der Waals surface area contributed by atoms with Gasteiger partial charge < -0.3 is 0 Å². The van der Waals surface area contributed by atoms with Gasteiger partial charge in [-0.15, -0.1) is 0 Å². The molecule has 0 saturated carbocycles. The number of para-hydroxylation sites is 1. The van der Waals surface area contributed by atoms with Crippen molar-refractivity contribution < 1.29 is 17.7 Å². The number of nitrogens with one attached hydrogen (secondary N) is 1. The summed E-state index contributed by atoms with van der Waals surface area (Å²) in [5, 5.41) is 11.0. The van der Waals surface area contributed by atoms with E-state index in [1.807, 2.05) is 0 Å². The molecule has 0 amide bonds. The number of nitro benzene ring substituents is 1. The summed E-state index contributed by atoms with van der Waals surface area (Å²) in [6.45, 7) is 3.42. The molecule has 1 N–H and O–H groups in total. The first-order valence-electron chi connectivity index (χ1n) is 6.25. The van der Waals surface area contributed by atoms with Crippen molar-refractivity contribution in [3.05, 3.63) is 63.5 Å². The largest absolute Gasteiger partial charge is 0.292 e. The van der Waals surface area contributed by atoms with E-state index < -0.39 is 31.3 Å². The summed E-state index contributed by atoms with van der Waals surface area (Å²) in [6.07, 6.45) is 0. The number of rotatable bonds is 4. The molecule has 0 aliphatic carbocycles. The van der Waals surface area contributed by atoms with Gasteiger partial charge in [-0.3, -0.25) is 14.8 Å². The van der Waals surface area contributed by atoms with Crippen LogP contribution in [0.5, 0.6) is 0 Å². The Hall–Kier alpha value is -2.48. The molecular weight excluding hydrogens is 311 g/mol. The standard InChI is InChI=1S/C14H13FN2O4S/c1-9-4-3-5-10(2)14(9)16-22(20,21)13-7-6-11(15)8-12(13)17(18)19/h3-8,16H,1-2H3. The lowest BCUT2D eigenvalue weighted by atomic mass is 10.1. The predicted octanol–water partition coefficient (Wildman–Crippen LogP) is 3.15. The van der Waals surface area contributed by atoms with E-state index in [1.165, 1.54) is 0 Å². The van der Waals surface area contributed by atoms with Gasteiger partial charge in [0, 0.05) is 0 Å². The quantitative estimate of drug-likeness (QED) is 0.691. The van der Waals surface area contributed by atoms with Gasteiger partial charge >= 0.3 is 0 Å². The molecule has 0 spiro atoms. The average molecular weight is 324 g/mol. The Morgan fingerprint density at radius 3 is 2.27 bits per heavy atom. The van der Waals surface area contributed by atoms with Crippen molar-refractivity contribution in [2.45, 2.75) is 18.7 Å². The summed E-state index contributed by atoms with van der Waals surface area (Å²) in [5.41, 5.74) is 0.890. The molecule has 0 atom stereocenters. The first-order valence-corrected chi connectivity index (χ1v) is 7.73. The van der Waals surface area contributed by atoms with Gasteiger partial charge in [0.1, 0.15) is 5.82 Å². The summed E-state index contributed by atoms with van der Waals surface area (Å²) >= 11 is 0. The minimum atomic E-state index is -4.21. The van der Waals surface area contributed by atoms with Crippen molar-refractivity contribution in [3.63, 3.8) is 0 Å². The molecule has 8 heteroatoms. The smallest absolute Gasteiger partial charge is 0.279 e. The number of hydrogen-bond acceptors (Lipinski definition) is 4. The topological polar surface area (TPSA) is 89.3 Å². The van der Waals surface area contributed by atoms with Crippen LogP contribution in [0.25, 0.3) is 0 Å². The van der Waals surface area contributed by atoms with Gasteiger partial charge in [-0.2, -0.15) is 0 Å². The van der Waals surface area contributed by atoms with Crippen molar-refractivity contribution in [1.82, 2.24) is 0 Å². The third-order valence-electron chi connectivity index (χ3n) is 3.12. The highest BCUT2D eigenvalue weighted by molar-refractivity contribution is 7.92. The van der Waals surface area contributed by atoms with Crippen LogP contribution in [0.15, 0.2) is 41.3 Å². The zero-order valence-electron chi connectivity index (χ0n) is 11.8. The molecular formula is C14H13FN2O4S. The Morgan fingerprint density at radius 2 is 1.73 bits per heavy atom. The lowest BCUT2D eigenvalue weighted by Crippen LogP contribution is -2.16. The maximum Gasteiger partial charge on any atom is 0.292 e. The molecule has 0 fully saturated rings. The molecule has 22 heavy (non-hydrogen) atoms. The van der Waals surface area contributed by atoms with Gasteiger partial charge in [-0.05, 0) is 37.1 Å². The average Bonchev–Trinajstić information content (AvgIpc) is 2.42. The van der Waals surface area contributed by atoms with Gasteiger partial charge in [0.2, 0.25) is 0 Å². The molecule has 2 aromatic rings. The molecule has 2 rings (SSSR count). The van der Waals surface area contributed by atoms with E-state index in [1.54, 1.807) is 32.0 Å². The highest BCUT2D eigenvalue weighted by Crippen LogP contribution is 2.28. The Morgan fingerprint density at radius 1 is 1.14 bits per heavy atom. The van der Waals surface area contributed by atoms with E-state index in [2.05, 4.69) is 4.72 Å². The number of halogens is 1. The molecule has 0 aromatic heterocycles. The lowest BCUT2D eigenvalue weighted by Gasteiger charge is -2.13. The zero-order chi connectivity index (χ0) is 16.5. The molecule has 116 valence electrons. The van der Waals surface area contributed by atoms with Crippen molar-refractivity contribution in [2.24, 2.45) is 0 Å². The number of sulfonamides is 1. The molecule has 6 nitrogen and oxygen atoms in total. The summed E-state index contributed by atoms with van der Waals surface area (Å²) in [5.74, 6) is -0.877. The first kappa shape index (κ1) is 15.9. The number of aryl methyl sites for hydroxylation is 2.